The van der Waals surface area contributed by atoms with E-state index in [1.165, 1.54) is 6.20 Å². The Kier molecular flexibility index (Phi) is 6.84. The average Bonchev–Trinajstić information content (AvgIpc) is 3.22. The molecule has 0 atom stereocenters. The van der Waals surface area contributed by atoms with Gasteiger partial charge in [-0.05, 0) is 75.6 Å². The van der Waals surface area contributed by atoms with Crippen LogP contribution in [0.3, 0.4) is 0 Å². The van der Waals surface area contributed by atoms with Crippen LogP contribution in [0.2, 0.25) is 0 Å². The van der Waals surface area contributed by atoms with Crippen LogP contribution in [0.15, 0.2) is 65.2 Å². The van der Waals surface area contributed by atoms with Gasteiger partial charge in [-0.15, -0.1) is 0 Å². The van der Waals surface area contributed by atoms with E-state index < -0.39 is 15.8 Å². The number of ketones is 1. The van der Waals surface area contributed by atoms with Gasteiger partial charge in [0.25, 0.3) is 10.0 Å². The SMILES string of the molecule is Cc1ccc(S(=O)(=O)n2c(C(=O)C(C#N)=CN(C)C)cc3ccc(C4CCN(C)CC4)cc32)cc1. The van der Waals surface area contributed by atoms with Crippen molar-refractivity contribution in [1.82, 2.24) is 13.8 Å². The van der Waals surface area contributed by atoms with Crippen LogP contribution in [-0.2, 0) is 10.0 Å². The first-order valence-corrected chi connectivity index (χ1v) is 13.0. The smallest absolute Gasteiger partial charge is 0.268 e. The van der Waals surface area contributed by atoms with Crippen molar-refractivity contribution in [2.45, 2.75) is 30.6 Å². The van der Waals surface area contributed by atoms with Crippen LogP contribution in [0.5, 0.6) is 0 Å². The number of fused-ring (bicyclic) bond motifs is 1. The molecule has 1 aliphatic rings. The van der Waals surface area contributed by atoms with E-state index in [1.54, 1.807) is 49.3 Å². The van der Waals surface area contributed by atoms with Gasteiger partial charge < -0.3 is 9.80 Å². The lowest BCUT2D eigenvalue weighted by Crippen LogP contribution is -2.29. The summed E-state index contributed by atoms with van der Waals surface area (Å²) in [5.41, 5.74) is 2.27. The number of hydrogen-bond donors (Lipinski definition) is 0. The highest BCUT2D eigenvalue weighted by atomic mass is 32.2. The summed E-state index contributed by atoms with van der Waals surface area (Å²) in [5.74, 6) is -0.308. The maximum absolute atomic E-state index is 13.9. The van der Waals surface area contributed by atoms with Crippen molar-refractivity contribution in [3.63, 3.8) is 0 Å². The van der Waals surface area contributed by atoms with Gasteiger partial charge in [0, 0.05) is 25.7 Å². The number of piperidine rings is 1. The van der Waals surface area contributed by atoms with Gasteiger partial charge in [0.05, 0.1) is 10.4 Å². The minimum atomic E-state index is -4.10. The molecule has 1 aliphatic heterocycles. The van der Waals surface area contributed by atoms with Crippen molar-refractivity contribution in [2.24, 2.45) is 0 Å². The number of nitriles is 1. The second-order valence-electron chi connectivity index (χ2n) is 9.46. The lowest BCUT2D eigenvalue weighted by atomic mass is 9.89. The third kappa shape index (κ3) is 4.88. The number of nitrogens with zero attached hydrogens (tertiary/aromatic N) is 4. The van der Waals surface area contributed by atoms with Crippen LogP contribution >= 0.6 is 0 Å². The Morgan fingerprint density at radius 2 is 1.74 bits per heavy atom. The summed E-state index contributed by atoms with van der Waals surface area (Å²) >= 11 is 0. The second-order valence-corrected chi connectivity index (χ2v) is 11.2. The molecule has 0 bridgehead atoms. The summed E-state index contributed by atoms with van der Waals surface area (Å²) in [4.78, 5) is 17.4. The van der Waals surface area contributed by atoms with E-state index in [4.69, 9.17) is 0 Å². The lowest BCUT2D eigenvalue weighted by Gasteiger charge is -2.29. The number of Topliss-reactive ketones (excluding diaryl/α,β-unsaturated/α-hetero) is 1. The zero-order valence-corrected chi connectivity index (χ0v) is 21.3. The molecule has 1 saturated heterocycles. The highest BCUT2D eigenvalue weighted by molar-refractivity contribution is 7.90. The number of aromatic nitrogens is 1. The highest BCUT2D eigenvalue weighted by Crippen LogP contribution is 2.33. The normalized spacial score (nSPS) is 15.8. The minimum absolute atomic E-state index is 0.0456. The molecule has 2 heterocycles. The number of benzene rings is 2. The molecule has 0 unspecified atom stereocenters. The molecule has 7 nitrogen and oxygen atoms in total. The number of likely N-dealkylation sites (tertiary alicyclic amines) is 1. The van der Waals surface area contributed by atoms with Gasteiger partial charge in [-0.2, -0.15) is 5.26 Å². The molecule has 35 heavy (non-hydrogen) atoms. The molecule has 0 aliphatic carbocycles. The first-order valence-electron chi connectivity index (χ1n) is 11.6. The van der Waals surface area contributed by atoms with Crippen molar-refractivity contribution in [3.8, 4) is 6.07 Å². The summed E-state index contributed by atoms with van der Waals surface area (Å²) in [7, 11) is 1.41. The van der Waals surface area contributed by atoms with Crippen LogP contribution in [0.1, 0.15) is 40.4 Å². The van der Waals surface area contributed by atoms with E-state index in [2.05, 4.69) is 11.9 Å². The maximum atomic E-state index is 13.9. The Morgan fingerprint density at radius 1 is 1.09 bits per heavy atom. The molecular formula is C27H30N4O3S. The Bertz CT molecular complexity index is 1440. The third-order valence-electron chi connectivity index (χ3n) is 6.52. The first-order chi connectivity index (χ1) is 16.6. The largest absolute Gasteiger partial charge is 0.382 e. The van der Waals surface area contributed by atoms with Gasteiger partial charge in [-0.25, -0.2) is 12.4 Å². The number of carbonyl (C=O) groups is 1. The van der Waals surface area contributed by atoms with Gasteiger partial charge in [0.15, 0.2) is 0 Å². The van der Waals surface area contributed by atoms with Crippen LogP contribution in [0.4, 0.5) is 0 Å². The zero-order chi connectivity index (χ0) is 25.3. The summed E-state index contributed by atoms with van der Waals surface area (Å²) in [6, 6.07) is 15.9. The van der Waals surface area contributed by atoms with Gasteiger partial charge in [-0.1, -0.05) is 29.8 Å². The third-order valence-corrected chi connectivity index (χ3v) is 8.26. The molecule has 1 fully saturated rings. The molecular weight excluding hydrogens is 460 g/mol. The summed E-state index contributed by atoms with van der Waals surface area (Å²) in [6.07, 6.45) is 3.39. The Morgan fingerprint density at radius 3 is 2.34 bits per heavy atom. The predicted molar refractivity (Wildman–Crippen MR) is 137 cm³/mol. The first kappa shape index (κ1) is 24.7. The Hall–Kier alpha value is -3.41. The van der Waals surface area contributed by atoms with Crippen molar-refractivity contribution in [3.05, 3.63) is 77.1 Å². The summed E-state index contributed by atoms with van der Waals surface area (Å²) < 4.78 is 28.9. The van der Waals surface area contributed by atoms with E-state index >= 15 is 0 Å². The van der Waals surface area contributed by atoms with Gasteiger partial charge >= 0.3 is 0 Å². The number of allylic oxidation sites excluding steroid dienone is 1. The zero-order valence-electron chi connectivity index (χ0n) is 20.5. The lowest BCUT2D eigenvalue weighted by molar-refractivity contribution is 0.103. The van der Waals surface area contributed by atoms with E-state index in [0.717, 1.165) is 41.0 Å². The van der Waals surface area contributed by atoms with Crippen LogP contribution in [-0.4, -0.2) is 62.2 Å². The van der Waals surface area contributed by atoms with E-state index in [0.29, 0.717) is 16.8 Å². The molecule has 182 valence electrons. The number of carbonyl (C=O) groups excluding carboxylic acids is 1. The highest BCUT2D eigenvalue weighted by Gasteiger charge is 2.29. The fraction of sp³-hybridized carbons (Fsp3) is 0.333. The molecule has 0 saturated carbocycles. The molecule has 1 aromatic heterocycles. The molecule has 2 aromatic carbocycles. The topological polar surface area (TPSA) is 86.4 Å². The number of aryl methyl sites for hydroxylation is 1. The molecule has 0 spiro atoms. The fourth-order valence-corrected chi connectivity index (χ4v) is 6.06. The Balaban J connectivity index is 1.94. The maximum Gasteiger partial charge on any atom is 0.268 e. The van der Waals surface area contributed by atoms with E-state index in [1.807, 2.05) is 31.2 Å². The van der Waals surface area contributed by atoms with E-state index in [9.17, 15) is 18.5 Å². The predicted octanol–water partition coefficient (Wildman–Crippen LogP) is 4.15. The minimum Gasteiger partial charge on any atom is -0.382 e. The molecule has 0 radical (unpaired) electrons. The summed E-state index contributed by atoms with van der Waals surface area (Å²) in [6.45, 7) is 3.85. The molecule has 8 heteroatoms. The Labute approximate surface area is 206 Å². The summed E-state index contributed by atoms with van der Waals surface area (Å²) in [5, 5.41) is 10.3. The number of hydrogen-bond acceptors (Lipinski definition) is 6. The van der Waals surface area contributed by atoms with Crippen LogP contribution in [0.25, 0.3) is 10.9 Å². The fourth-order valence-electron chi connectivity index (χ4n) is 4.56. The van der Waals surface area contributed by atoms with Gasteiger partial charge in [0.2, 0.25) is 5.78 Å². The number of rotatable bonds is 6. The van der Waals surface area contributed by atoms with Crippen molar-refractivity contribution < 1.29 is 13.2 Å². The van der Waals surface area contributed by atoms with Gasteiger partial charge in [-0.3, -0.25) is 4.79 Å². The van der Waals surface area contributed by atoms with Crippen molar-refractivity contribution >= 4 is 26.7 Å². The van der Waals surface area contributed by atoms with Crippen LogP contribution < -0.4 is 0 Å². The van der Waals surface area contributed by atoms with Crippen molar-refractivity contribution in [1.29, 1.82) is 5.26 Å². The van der Waals surface area contributed by atoms with E-state index in [-0.39, 0.29) is 16.2 Å². The average molecular weight is 491 g/mol. The standard InChI is InChI=1S/C27H30N4O3S/c1-19-5-9-24(10-6-19)35(33,34)31-25-15-21(20-11-13-30(4)14-12-20)7-8-22(25)16-26(31)27(32)23(17-28)18-29(2)3/h5-10,15-16,18,20H,11-14H2,1-4H3. The van der Waals surface area contributed by atoms with Gasteiger partial charge in [0.1, 0.15) is 17.3 Å². The monoisotopic (exact) mass is 490 g/mol. The quantitative estimate of drug-likeness (QED) is 0.293. The molecule has 3 aromatic rings. The molecule has 4 rings (SSSR count). The van der Waals surface area contributed by atoms with Crippen molar-refractivity contribution in [2.75, 3.05) is 34.2 Å². The molecule has 0 amide bonds. The van der Waals surface area contributed by atoms with Crippen LogP contribution in [0, 0.1) is 18.3 Å². The second kappa shape index (κ2) is 9.68. The molecule has 0 N–H and O–H groups in total.